The summed E-state index contributed by atoms with van der Waals surface area (Å²) < 4.78 is 12.8. The first-order chi connectivity index (χ1) is 9.63. The number of aryl methyl sites for hydroxylation is 1. The number of hydrogen-bond acceptors (Lipinski definition) is 2. The second-order valence-electron chi connectivity index (χ2n) is 4.61. The van der Waals surface area contributed by atoms with Crippen LogP contribution in [0, 0.1) is 0 Å². The lowest BCUT2D eigenvalue weighted by Crippen LogP contribution is -1.91. The van der Waals surface area contributed by atoms with Crippen LogP contribution in [0.2, 0.25) is 5.02 Å². The highest BCUT2D eigenvalue weighted by Gasteiger charge is 2.14. The van der Waals surface area contributed by atoms with Crippen LogP contribution in [0.25, 0.3) is 22.2 Å². The van der Waals surface area contributed by atoms with Gasteiger partial charge in [0.05, 0.1) is 24.8 Å². The molecular formula is C15H15ClN2O2. The first-order valence-corrected chi connectivity index (χ1v) is 6.57. The fourth-order valence-electron chi connectivity index (χ4n) is 2.45. The minimum absolute atomic E-state index is 0.692. The molecule has 0 saturated heterocycles. The number of ether oxygens (including phenoxy) is 2. The van der Waals surface area contributed by atoms with Crippen molar-refractivity contribution in [3.63, 3.8) is 0 Å². The van der Waals surface area contributed by atoms with E-state index in [1.807, 2.05) is 25.2 Å². The zero-order chi connectivity index (χ0) is 14.3. The van der Waals surface area contributed by atoms with Gasteiger partial charge in [-0.25, -0.2) is 0 Å². The van der Waals surface area contributed by atoms with Crippen molar-refractivity contribution in [2.45, 2.75) is 0 Å². The van der Waals surface area contributed by atoms with Crippen LogP contribution < -0.4 is 9.47 Å². The number of H-pyrrole nitrogens is 1. The Morgan fingerprint density at radius 2 is 1.80 bits per heavy atom. The molecule has 1 N–H and O–H groups in total. The van der Waals surface area contributed by atoms with Gasteiger partial charge in [-0.1, -0.05) is 11.6 Å². The van der Waals surface area contributed by atoms with Gasteiger partial charge >= 0.3 is 0 Å². The van der Waals surface area contributed by atoms with Gasteiger partial charge in [0.15, 0.2) is 11.5 Å². The van der Waals surface area contributed by atoms with Crippen LogP contribution in [-0.4, -0.2) is 23.8 Å². The average Bonchev–Trinajstić information content (AvgIpc) is 3.01. The lowest BCUT2D eigenvalue weighted by molar-refractivity contribution is 0.355. The highest BCUT2D eigenvalue weighted by molar-refractivity contribution is 6.30. The summed E-state index contributed by atoms with van der Waals surface area (Å²) in [5, 5.41) is 1.78. The van der Waals surface area contributed by atoms with E-state index in [0.717, 1.165) is 27.9 Å². The van der Waals surface area contributed by atoms with E-state index in [-0.39, 0.29) is 0 Å². The first kappa shape index (κ1) is 12.9. The SMILES string of the molecule is COc1cc2c(-c3cc(Cl)c[nH]3)cn(C)c2cc1OC. The quantitative estimate of drug-likeness (QED) is 0.796. The van der Waals surface area contributed by atoms with Gasteiger partial charge in [-0.05, 0) is 12.1 Å². The molecular weight excluding hydrogens is 276 g/mol. The summed E-state index contributed by atoms with van der Waals surface area (Å²) in [6, 6.07) is 5.87. The van der Waals surface area contributed by atoms with Crippen molar-refractivity contribution in [2.24, 2.45) is 7.05 Å². The molecule has 0 atom stereocenters. The average molecular weight is 291 g/mol. The van der Waals surface area contributed by atoms with E-state index in [1.165, 1.54) is 0 Å². The van der Waals surface area contributed by atoms with Crippen molar-refractivity contribution in [3.05, 3.63) is 35.6 Å². The monoisotopic (exact) mass is 290 g/mol. The summed E-state index contributed by atoms with van der Waals surface area (Å²) in [4.78, 5) is 3.18. The zero-order valence-corrected chi connectivity index (χ0v) is 12.3. The Balaban J connectivity index is 2.29. The smallest absolute Gasteiger partial charge is 0.162 e. The van der Waals surface area contributed by atoms with E-state index in [2.05, 4.69) is 15.7 Å². The molecule has 104 valence electrons. The normalized spacial score (nSPS) is 11.0. The molecule has 3 rings (SSSR count). The van der Waals surface area contributed by atoms with Crippen molar-refractivity contribution in [1.82, 2.24) is 9.55 Å². The molecule has 0 aliphatic carbocycles. The summed E-state index contributed by atoms with van der Waals surface area (Å²) in [5.74, 6) is 1.43. The van der Waals surface area contributed by atoms with Crippen LogP contribution in [0.15, 0.2) is 30.6 Å². The van der Waals surface area contributed by atoms with Crippen molar-refractivity contribution in [2.75, 3.05) is 14.2 Å². The molecule has 5 heteroatoms. The molecule has 0 aliphatic heterocycles. The number of benzene rings is 1. The molecule has 3 aromatic rings. The topological polar surface area (TPSA) is 39.2 Å². The predicted octanol–water partition coefficient (Wildman–Crippen LogP) is 3.84. The largest absolute Gasteiger partial charge is 0.493 e. The molecule has 4 nitrogen and oxygen atoms in total. The molecule has 0 amide bonds. The molecule has 2 heterocycles. The third-order valence-corrected chi connectivity index (χ3v) is 3.65. The summed E-state index contributed by atoms with van der Waals surface area (Å²) in [6.45, 7) is 0. The number of methoxy groups -OCH3 is 2. The van der Waals surface area contributed by atoms with E-state index in [4.69, 9.17) is 21.1 Å². The van der Waals surface area contributed by atoms with Crippen molar-refractivity contribution in [1.29, 1.82) is 0 Å². The van der Waals surface area contributed by atoms with Gasteiger partial charge in [-0.3, -0.25) is 0 Å². The Hall–Kier alpha value is -2.07. The lowest BCUT2D eigenvalue weighted by atomic mass is 10.1. The lowest BCUT2D eigenvalue weighted by Gasteiger charge is -2.08. The molecule has 0 radical (unpaired) electrons. The van der Waals surface area contributed by atoms with Crippen LogP contribution >= 0.6 is 11.6 Å². The van der Waals surface area contributed by atoms with Gasteiger partial charge in [0.2, 0.25) is 0 Å². The van der Waals surface area contributed by atoms with E-state index in [9.17, 15) is 0 Å². The number of rotatable bonds is 3. The predicted molar refractivity (Wildman–Crippen MR) is 80.8 cm³/mol. The van der Waals surface area contributed by atoms with Crippen molar-refractivity contribution < 1.29 is 9.47 Å². The van der Waals surface area contributed by atoms with Crippen molar-refractivity contribution >= 4 is 22.5 Å². The highest BCUT2D eigenvalue weighted by Crippen LogP contribution is 2.38. The minimum Gasteiger partial charge on any atom is -0.493 e. The maximum Gasteiger partial charge on any atom is 0.162 e. The Labute approximate surface area is 121 Å². The van der Waals surface area contributed by atoms with Gasteiger partial charge in [-0.2, -0.15) is 0 Å². The van der Waals surface area contributed by atoms with E-state index >= 15 is 0 Å². The zero-order valence-electron chi connectivity index (χ0n) is 11.5. The fraction of sp³-hybridized carbons (Fsp3) is 0.200. The van der Waals surface area contributed by atoms with Crippen LogP contribution in [-0.2, 0) is 7.05 Å². The highest BCUT2D eigenvalue weighted by atomic mass is 35.5. The van der Waals surface area contributed by atoms with Crippen molar-refractivity contribution in [3.8, 4) is 22.8 Å². The Morgan fingerprint density at radius 3 is 2.40 bits per heavy atom. The molecule has 0 spiro atoms. The number of aromatic amines is 1. The Bertz CT molecular complexity index is 774. The van der Waals surface area contributed by atoms with E-state index in [1.54, 1.807) is 20.4 Å². The third kappa shape index (κ3) is 1.93. The molecule has 2 aromatic heterocycles. The Kier molecular flexibility index (Phi) is 3.10. The number of aromatic nitrogens is 2. The second kappa shape index (κ2) is 4.80. The molecule has 1 aromatic carbocycles. The second-order valence-corrected chi connectivity index (χ2v) is 5.05. The third-order valence-electron chi connectivity index (χ3n) is 3.43. The number of fused-ring (bicyclic) bond motifs is 1. The number of nitrogens with zero attached hydrogens (tertiary/aromatic N) is 1. The van der Waals surface area contributed by atoms with Gasteiger partial charge in [0.1, 0.15) is 0 Å². The molecule has 20 heavy (non-hydrogen) atoms. The van der Waals surface area contributed by atoms with Crippen LogP contribution in [0.4, 0.5) is 0 Å². The minimum atomic E-state index is 0.692. The molecule has 0 bridgehead atoms. The maximum atomic E-state index is 5.99. The number of halogens is 1. The number of nitrogens with one attached hydrogen (secondary N) is 1. The first-order valence-electron chi connectivity index (χ1n) is 6.19. The molecule has 0 aliphatic rings. The standard InChI is InChI=1S/C15H15ClN2O2/c1-18-8-11(12-4-9(16)7-17-12)10-5-14(19-2)15(20-3)6-13(10)18/h4-8,17H,1-3H3. The van der Waals surface area contributed by atoms with Gasteiger partial charge in [0, 0.05) is 42.2 Å². The van der Waals surface area contributed by atoms with Crippen LogP contribution in [0.5, 0.6) is 11.5 Å². The van der Waals surface area contributed by atoms with Crippen LogP contribution in [0.3, 0.4) is 0 Å². The summed E-state index contributed by atoms with van der Waals surface area (Å²) in [6.07, 6.45) is 3.84. The van der Waals surface area contributed by atoms with Crippen LogP contribution in [0.1, 0.15) is 0 Å². The summed E-state index contributed by atoms with van der Waals surface area (Å²) in [7, 11) is 5.28. The molecule has 0 unspecified atom stereocenters. The molecule has 0 saturated carbocycles. The number of hydrogen-bond donors (Lipinski definition) is 1. The summed E-state index contributed by atoms with van der Waals surface area (Å²) in [5.41, 5.74) is 3.13. The van der Waals surface area contributed by atoms with Gasteiger partial charge in [-0.15, -0.1) is 0 Å². The Morgan fingerprint density at radius 1 is 1.10 bits per heavy atom. The summed E-state index contributed by atoms with van der Waals surface area (Å²) >= 11 is 5.99. The maximum absolute atomic E-state index is 5.99. The van der Waals surface area contributed by atoms with E-state index < -0.39 is 0 Å². The van der Waals surface area contributed by atoms with E-state index in [0.29, 0.717) is 10.8 Å². The van der Waals surface area contributed by atoms with Gasteiger partial charge < -0.3 is 19.0 Å². The molecule has 0 fully saturated rings. The van der Waals surface area contributed by atoms with Gasteiger partial charge in [0.25, 0.3) is 0 Å². The fourth-order valence-corrected chi connectivity index (χ4v) is 2.61.